The molecule has 0 saturated heterocycles. The van der Waals surface area contributed by atoms with Gasteiger partial charge in [0.25, 0.3) is 11.8 Å². The highest BCUT2D eigenvalue weighted by molar-refractivity contribution is 8.15. The highest BCUT2D eigenvalue weighted by atomic mass is 32.2. The van der Waals surface area contributed by atoms with E-state index in [9.17, 15) is 9.18 Å². The predicted octanol–water partition coefficient (Wildman–Crippen LogP) is 3.60. The van der Waals surface area contributed by atoms with E-state index >= 15 is 4.39 Å². The molecule has 0 bridgehead atoms. The second-order valence-electron chi connectivity index (χ2n) is 9.18. The van der Waals surface area contributed by atoms with Gasteiger partial charge in [-0.15, -0.1) is 10.2 Å². The van der Waals surface area contributed by atoms with Crippen LogP contribution < -0.4 is 15.8 Å². The molecule has 0 spiro atoms. The number of carbonyl (C=O) groups excluding carboxylic acids is 1. The molecule has 202 valence electrons. The number of halogens is 2. The standard InChI is InChI=1S/C24H27F2N7O4S/c1-12-23(3,11-35-5)38-22(27)31-24(12,4)15-6-14(7-16(25)20(15)26)30-21(34)17-8-29-18(9-28-17)36-10-19-33-32-13(2)37-19/h6-9,12H,10-11H2,1-5H3,(H2,27,31)(H,30,34)/t12?,23-,24+/m1/s1. The van der Waals surface area contributed by atoms with Gasteiger partial charge in [-0.2, -0.15) is 0 Å². The summed E-state index contributed by atoms with van der Waals surface area (Å²) in [5.41, 5.74) is 4.78. The van der Waals surface area contributed by atoms with Crippen molar-refractivity contribution >= 4 is 28.5 Å². The van der Waals surface area contributed by atoms with E-state index in [4.69, 9.17) is 19.6 Å². The molecule has 3 heterocycles. The number of ether oxygens (including phenoxy) is 2. The number of nitrogens with zero attached hydrogens (tertiary/aromatic N) is 5. The molecule has 0 fully saturated rings. The molecule has 2 aromatic heterocycles. The van der Waals surface area contributed by atoms with Crippen molar-refractivity contribution in [1.29, 1.82) is 0 Å². The van der Waals surface area contributed by atoms with Crippen molar-refractivity contribution in [2.24, 2.45) is 16.6 Å². The first-order valence-corrected chi connectivity index (χ1v) is 12.3. The summed E-state index contributed by atoms with van der Waals surface area (Å²) in [4.78, 5) is 25.4. The Morgan fingerprint density at radius 3 is 2.63 bits per heavy atom. The number of aliphatic imine (C=N–C) groups is 1. The Morgan fingerprint density at radius 2 is 2.00 bits per heavy atom. The van der Waals surface area contributed by atoms with Crippen LogP contribution in [0, 0.1) is 24.5 Å². The lowest BCUT2D eigenvalue weighted by Crippen LogP contribution is -2.50. The Kier molecular flexibility index (Phi) is 7.65. The van der Waals surface area contributed by atoms with Gasteiger partial charge in [0.1, 0.15) is 5.69 Å². The molecular formula is C24H27F2N7O4S. The van der Waals surface area contributed by atoms with Crippen LogP contribution in [0.1, 0.15) is 48.6 Å². The summed E-state index contributed by atoms with van der Waals surface area (Å²) in [7, 11) is 1.56. The van der Waals surface area contributed by atoms with Crippen LogP contribution in [0.15, 0.2) is 33.9 Å². The van der Waals surface area contributed by atoms with Crippen LogP contribution in [0.3, 0.4) is 0 Å². The predicted molar refractivity (Wildman–Crippen MR) is 136 cm³/mol. The van der Waals surface area contributed by atoms with Gasteiger partial charge in [-0.05, 0) is 19.9 Å². The fraction of sp³-hybridized carbons (Fsp3) is 0.417. The third-order valence-corrected chi connectivity index (χ3v) is 7.71. The molecular weight excluding hydrogens is 520 g/mol. The molecule has 0 aliphatic carbocycles. The fourth-order valence-corrected chi connectivity index (χ4v) is 5.57. The van der Waals surface area contributed by atoms with Crippen LogP contribution >= 0.6 is 11.8 Å². The second kappa shape index (κ2) is 10.6. The van der Waals surface area contributed by atoms with E-state index in [1.165, 1.54) is 30.2 Å². The molecule has 1 amide bonds. The number of aryl methyl sites for hydroxylation is 1. The van der Waals surface area contributed by atoms with E-state index in [2.05, 4.69) is 30.5 Å². The minimum atomic E-state index is -1.23. The maximum Gasteiger partial charge on any atom is 0.275 e. The minimum Gasteiger partial charge on any atom is -0.466 e. The summed E-state index contributed by atoms with van der Waals surface area (Å²) in [5, 5.41) is 10.3. The zero-order valence-electron chi connectivity index (χ0n) is 21.4. The van der Waals surface area contributed by atoms with Crippen LogP contribution in [0.5, 0.6) is 5.88 Å². The Hall–Kier alpha value is -3.65. The van der Waals surface area contributed by atoms with Crippen molar-refractivity contribution in [3.05, 3.63) is 59.2 Å². The molecule has 1 unspecified atom stereocenters. The van der Waals surface area contributed by atoms with Gasteiger partial charge >= 0.3 is 0 Å². The normalized spacial score (nSPS) is 23.1. The molecule has 14 heteroatoms. The number of hydrogen-bond acceptors (Lipinski definition) is 11. The molecule has 0 radical (unpaired) electrons. The molecule has 1 aliphatic rings. The number of thioether (sulfide) groups is 1. The first-order valence-electron chi connectivity index (χ1n) is 11.5. The number of nitrogens with one attached hydrogen (secondary N) is 1. The highest BCUT2D eigenvalue weighted by Gasteiger charge is 2.50. The zero-order chi connectivity index (χ0) is 27.7. The molecule has 1 aromatic carbocycles. The second-order valence-corrected chi connectivity index (χ2v) is 10.7. The van der Waals surface area contributed by atoms with Crippen molar-refractivity contribution < 1.29 is 27.5 Å². The van der Waals surface area contributed by atoms with Crippen LogP contribution in [0.2, 0.25) is 0 Å². The maximum absolute atomic E-state index is 15.2. The Balaban J connectivity index is 1.55. The summed E-state index contributed by atoms with van der Waals surface area (Å²) in [6.45, 7) is 7.43. The Bertz CT molecular complexity index is 1370. The number of methoxy groups -OCH3 is 1. The fourth-order valence-electron chi connectivity index (χ4n) is 4.27. The van der Waals surface area contributed by atoms with Crippen LogP contribution in [-0.4, -0.2) is 49.7 Å². The van der Waals surface area contributed by atoms with Crippen molar-refractivity contribution in [3.8, 4) is 5.88 Å². The largest absolute Gasteiger partial charge is 0.466 e. The number of nitrogens with two attached hydrogens (primary N) is 1. The molecule has 3 N–H and O–H groups in total. The van der Waals surface area contributed by atoms with Gasteiger partial charge in [-0.1, -0.05) is 18.7 Å². The Labute approximate surface area is 221 Å². The maximum atomic E-state index is 15.2. The average Bonchev–Trinajstić information content (AvgIpc) is 3.28. The smallest absolute Gasteiger partial charge is 0.275 e. The molecule has 38 heavy (non-hydrogen) atoms. The van der Waals surface area contributed by atoms with Gasteiger partial charge in [0.15, 0.2) is 23.4 Å². The molecule has 11 nitrogen and oxygen atoms in total. The molecule has 1 aliphatic heterocycles. The number of hydrogen-bond donors (Lipinski definition) is 2. The number of amides is 1. The van der Waals surface area contributed by atoms with Crippen molar-refractivity contribution in [3.63, 3.8) is 0 Å². The number of amidine groups is 1. The number of rotatable bonds is 8. The number of aromatic nitrogens is 4. The molecule has 4 rings (SSSR count). The van der Waals surface area contributed by atoms with E-state index < -0.39 is 27.8 Å². The van der Waals surface area contributed by atoms with Crippen molar-refractivity contribution in [2.75, 3.05) is 19.0 Å². The van der Waals surface area contributed by atoms with E-state index in [0.717, 1.165) is 6.07 Å². The molecule has 3 aromatic rings. The minimum absolute atomic E-state index is 0.0201. The van der Waals surface area contributed by atoms with Gasteiger partial charge in [0.2, 0.25) is 11.8 Å². The molecule has 3 atom stereocenters. The third kappa shape index (κ3) is 5.45. The summed E-state index contributed by atoms with van der Waals surface area (Å²) in [6, 6.07) is 2.24. The first-order chi connectivity index (χ1) is 17.9. The highest BCUT2D eigenvalue weighted by Crippen LogP contribution is 2.50. The quantitative estimate of drug-likeness (QED) is 0.428. The van der Waals surface area contributed by atoms with Crippen molar-refractivity contribution in [1.82, 2.24) is 20.2 Å². The van der Waals surface area contributed by atoms with Gasteiger partial charge in [-0.25, -0.2) is 18.7 Å². The summed E-state index contributed by atoms with van der Waals surface area (Å²) < 4.78 is 45.4. The SMILES string of the molecule is COC[C@@]1(C)SC(N)=N[C@](C)(c2cc(NC(=O)c3cnc(OCc4nnc(C)o4)cn3)cc(F)c2F)C1C. The first kappa shape index (κ1) is 27.4. The Morgan fingerprint density at radius 1 is 1.24 bits per heavy atom. The summed E-state index contributed by atoms with van der Waals surface area (Å²) in [6.07, 6.45) is 2.43. The molecule has 0 saturated carbocycles. The van der Waals surface area contributed by atoms with E-state index in [1.807, 2.05) is 13.8 Å². The monoisotopic (exact) mass is 547 g/mol. The van der Waals surface area contributed by atoms with E-state index in [1.54, 1.807) is 21.0 Å². The van der Waals surface area contributed by atoms with E-state index in [-0.39, 0.29) is 46.4 Å². The average molecular weight is 548 g/mol. The van der Waals surface area contributed by atoms with Crippen LogP contribution in [0.4, 0.5) is 14.5 Å². The van der Waals surface area contributed by atoms with Gasteiger partial charge in [-0.3, -0.25) is 9.79 Å². The van der Waals surface area contributed by atoms with Crippen LogP contribution in [0.25, 0.3) is 0 Å². The summed E-state index contributed by atoms with van der Waals surface area (Å²) in [5.74, 6) is -2.43. The topological polar surface area (TPSA) is 151 Å². The van der Waals surface area contributed by atoms with Gasteiger partial charge in [0, 0.05) is 42.0 Å². The third-order valence-electron chi connectivity index (χ3n) is 6.47. The van der Waals surface area contributed by atoms with Gasteiger partial charge in [0.05, 0.1) is 24.5 Å². The lowest BCUT2D eigenvalue weighted by molar-refractivity contribution is 0.102. The number of anilines is 1. The lowest BCUT2D eigenvalue weighted by Gasteiger charge is -2.47. The zero-order valence-corrected chi connectivity index (χ0v) is 22.2. The van der Waals surface area contributed by atoms with Gasteiger partial charge < -0.3 is 24.9 Å². The summed E-state index contributed by atoms with van der Waals surface area (Å²) >= 11 is 1.32. The lowest BCUT2D eigenvalue weighted by atomic mass is 9.74. The number of benzene rings is 1. The van der Waals surface area contributed by atoms with Crippen LogP contribution in [-0.2, 0) is 16.9 Å². The number of carbonyl (C=O) groups is 1. The van der Waals surface area contributed by atoms with Crippen molar-refractivity contribution in [2.45, 2.75) is 44.6 Å². The van der Waals surface area contributed by atoms with E-state index in [0.29, 0.717) is 12.5 Å².